The Hall–Kier alpha value is -3.30. The van der Waals surface area contributed by atoms with Gasteiger partial charge in [-0.05, 0) is 38.5 Å². The largest absolute Gasteiger partial charge is 0.496 e. The second-order valence-corrected chi connectivity index (χ2v) is 10.4. The molecule has 0 radical (unpaired) electrons. The maximum absolute atomic E-state index is 14.3. The lowest BCUT2D eigenvalue weighted by atomic mass is 9.91. The summed E-state index contributed by atoms with van der Waals surface area (Å²) in [4.78, 5) is 40.1. The Kier molecular flexibility index (Phi) is 7.90. The molecule has 1 aromatic carbocycles. The van der Waals surface area contributed by atoms with Gasteiger partial charge in [0.05, 0.1) is 37.8 Å². The molecule has 4 rings (SSSR count). The van der Waals surface area contributed by atoms with Crippen molar-refractivity contribution in [2.45, 2.75) is 44.9 Å². The number of ether oxygens (including phenoxy) is 2. The lowest BCUT2D eigenvalue weighted by molar-refractivity contribution is -0.124. The molecule has 0 unspecified atom stereocenters. The first-order valence-electron chi connectivity index (χ1n) is 11.9. The van der Waals surface area contributed by atoms with Crippen molar-refractivity contribution in [3.05, 3.63) is 56.0 Å². The number of carbonyl (C=O) groups excluding carboxylic acids is 1. The Morgan fingerprint density at radius 3 is 2.66 bits per heavy atom. The number of benzene rings is 1. The van der Waals surface area contributed by atoms with Gasteiger partial charge < -0.3 is 19.9 Å². The standard InChI is InChI=1S/C24H31FN6O6S/c1-13-19-20(34)30(24(2)7-6-18(33)28-12-24)23(35)29(22(19)38-21(13)31(26)27)11-17(37-9-8-32)15-10-14(25)4-5-16(15)36-3/h4-5,10,17,32H,6-9,11-12,26-27H2,1-3H3,(H,28,33)/t17-,24+/m0/s1. The van der Waals surface area contributed by atoms with Crippen molar-refractivity contribution in [2.75, 3.05) is 32.0 Å². The first kappa shape index (κ1) is 27.7. The maximum Gasteiger partial charge on any atom is 0.332 e. The zero-order valence-electron chi connectivity index (χ0n) is 21.3. The third-order valence-electron chi connectivity index (χ3n) is 6.82. The van der Waals surface area contributed by atoms with Gasteiger partial charge in [-0.25, -0.2) is 26.0 Å². The van der Waals surface area contributed by atoms with E-state index >= 15 is 0 Å². The molecule has 2 atom stereocenters. The Morgan fingerprint density at radius 1 is 1.32 bits per heavy atom. The second kappa shape index (κ2) is 10.8. The quantitative estimate of drug-likeness (QED) is 0.220. The molecule has 38 heavy (non-hydrogen) atoms. The SMILES string of the molecule is COc1ccc(F)cc1[C@H](Cn1c(=O)n([C@]2(C)CCC(=O)NC2)c(=O)c2c(C)c(N(N)N)sc21)OCCO. The molecule has 2 aromatic heterocycles. The van der Waals surface area contributed by atoms with Crippen LogP contribution in [0.3, 0.4) is 0 Å². The van der Waals surface area contributed by atoms with Crippen molar-refractivity contribution in [2.24, 2.45) is 11.7 Å². The van der Waals surface area contributed by atoms with Gasteiger partial charge in [-0.2, -0.15) is 0 Å². The number of aliphatic hydroxyl groups is 1. The molecule has 1 saturated heterocycles. The number of thiophene rings is 1. The van der Waals surface area contributed by atoms with E-state index in [0.29, 0.717) is 26.7 Å². The molecule has 1 fully saturated rings. The number of hydrogen-bond donors (Lipinski definition) is 4. The highest BCUT2D eigenvalue weighted by Crippen LogP contribution is 2.36. The molecule has 1 aliphatic heterocycles. The zero-order valence-corrected chi connectivity index (χ0v) is 22.1. The minimum absolute atomic E-state index is 0.0879. The molecule has 0 saturated carbocycles. The van der Waals surface area contributed by atoms with Gasteiger partial charge in [0.25, 0.3) is 5.56 Å². The number of aromatic nitrogens is 2. The normalized spacial score (nSPS) is 18.4. The first-order valence-corrected chi connectivity index (χ1v) is 12.8. The van der Waals surface area contributed by atoms with E-state index in [1.54, 1.807) is 13.8 Å². The highest BCUT2D eigenvalue weighted by Gasteiger charge is 2.37. The van der Waals surface area contributed by atoms with Crippen LogP contribution in [-0.2, 0) is 21.6 Å². The number of halogens is 1. The molecule has 1 amide bonds. The fourth-order valence-electron chi connectivity index (χ4n) is 4.82. The van der Waals surface area contributed by atoms with Crippen molar-refractivity contribution in [3.8, 4) is 5.75 Å². The van der Waals surface area contributed by atoms with Crippen LogP contribution >= 0.6 is 11.3 Å². The average Bonchev–Trinajstić information content (AvgIpc) is 3.23. The summed E-state index contributed by atoms with van der Waals surface area (Å²) in [6, 6.07) is 3.92. The van der Waals surface area contributed by atoms with Crippen LogP contribution in [0.2, 0.25) is 0 Å². The fourth-order valence-corrected chi connectivity index (χ4v) is 5.96. The third kappa shape index (κ3) is 4.92. The minimum Gasteiger partial charge on any atom is -0.496 e. The summed E-state index contributed by atoms with van der Waals surface area (Å²) in [6.07, 6.45) is -0.509. The van der Waals surface area contributed by atoms with E-state index in [2.05, 4.69) is 5.32 Å². The summed E-state index contributed by atoms with van der Waals surface area (Å²) in [5.74, 6) is 11.3. The monoisotopic (exact) mass is 550 g/mol. The van der Waals surface area contributed by atoms with E-state index < -0.39 is 28.7 Å². The number of fused-ring (bicyclic) bond motifs is 1. The van der Waals surface area contributed by atoms with Gasteiger partial charge in [-0.3, -0.25) is 18.7 Å². The highest BCUT2D eigenvalue weighted by molar-refractivity contribution is 7.22. The molecular formula is C24H31FN6O6S. The molecule has 12 nitrogen and oxygen atoms in total. The lowest BCUT2D eigenvalue weighted by Gasteiger charge is -2.35. The predicted octanol–water partition coefficient (Wildman–Crippen LogP) is 0.610. The first-order chi connectivity index (χ1) is 18.0. The van der Waals surface area contributed by atoms with E-state index in [4.69, 9.17) is 21.2 Å². The number of anilines is 1. The zero-order chi connectivity index (χ0) is 27.8. The molecule has 3 heterocycles. The number of nitrogens with one attached hydrogen (secondary N) is 1. The molecule has 0 aliphatic carbocycles. The number of nitrogens with zero attached hydrogens (tertiary/aromatic N) is 3. The highest BCUT2D eigenvalue weighted by atomic mass is 32.1. The van der Waals surface area contributed by atoms with E-state index in [1.807, 2.05) is 0 Å². The van der Waals surface area contributed by atoms with Crippen molar-refractivity contribution < 1.29 is 23.8 Å². The maximum atomic E-state index is 14.3. The summed E-state index contributed by atoms with van der Waals surface area (Å²) in [6.45, 7) is 2.95. The van der Waals surface area contributed by atoms with Crippen LogP contribution in [0, 0.1) is 12.7 Å². The van der Waals surface area contributed by atoms with Crippen LogP contribution in [0.1, 0.15) is 37.0 Å². The van der Waals surface area contributed by atoms with E-state index in [9.17, 15) is 23.9 Å². The van der Waals surface area contributed by atoms with E-state index in [1.165, 1.54) is 29.9 Å². The third-order valence-corrected chi connectivity index (χ3v) is 8.14. The Labute approximate surface area is 221 Å². The van der Waals surface area contributed by atoms with Crippen LogP contribution < -0.4 is 38.1 Å². The van der Waals surface area contributed by atoms with Crippen LogP contribution in [0.15, 0.2) is 27.8 Å². The molecule has 3 aromatic rings. The Balaban J connectivity index is 1.99. The Bertz CT molecular complexity index is 1470. The minimum atomic E-state index is -1.00. The number of amides is 1. The topological polar surface area (TPSA) is 167 Å². The smallest absolute Gasteiger partial charge is 0.332 e. The molecule has 206 valence electrons. The fraction of sp³-hybridized carbons (Fsp3) is 0.458. The van der Waals surface area contributed by atoms with Crippen molar-refractivity contribution in [1.82, 2.24) is 14.5 Å². The summed E-state index contributed by atoms with van der Waals surface area (Å²) in [7, 11) is 1.43. The number of methoxy groups -OCH3 is 1. The number of hydrogen-bond acceptors (Lipinski definition) is 10. The van der Waals surface area contributed by atoms with Gasteiger partial charge in [0.1, 0.15) is 27.5 Å². The van der Waals surface area contributed by atoms with Gasteiger partial charge in [0.15, 0.2) is 0 Å². The molecule has 0 spiro atoms. The summed E-state index contributed by atoms with van der Waals surface area (Å²) in [5.41, 5.74) is -1.36. The van der Waals surface area contributed by atoms with Crippen molar-refractivity contribution in [1.29, 1.82) is 0 Å². The number of aryl methyl sites for hydroxylation is 1. The summed E-state index contributed by atoms with van der Waals surface area (Å²) in [5, 5.41) is 13.7. The van der Waals surface area contributed by atoms with Gasteiger partial charge in [-0.15, -0.1) is 0 Å². The lowest BCUT2D eigenvalue weighted by Crippen LogP contribution is -2.57. The van der Waals surface area contributed by atoms with Crippen LogP contribution in [0.4, 0.5) is 9.39 Å². The average molecular weight is 551 g/mol. The number of piperidine rings is 1. The van der Waals surface area contributed by atoms with E-state index in [0.717, 1.165) is 21.0 Å². The second-order valence-electron chi connectivity index (χ2n) is 9.40. The summed E-state index contributed by atoms with van der Waals surface area (Å²) >= 11 is 1.06. The predicted molar refractivity (Wildman–Crippen MR) is 141 cm³/mol. The summed E-state index contributed by atoms with van der Waals surface area (Å²) < 4.78 is 28.1. The van der Waals surface area contributed by atoms with Crippen LogP contribution in [0.25, 0.3) is 10.2 Å². The number of hydrazine groups is 2. The Morgan fingerprint density at radius 2 is 2.05 bits per heavy atom. The van der Waals surface area contributed by atoms with Gasteiger partial charge in [0, 0.05) is 24.1 Å². The molecule has 1 aliphatic rings. The number of carbonyl (C=O) groups is 1. The van der Waals surface area contributed by atoms with Crippen LogP contribution in [-0.4, -0.2) is 47.0 Å². The van der Waals surface area contributed by atoms with Crippen LogP contribution in [0.5, 0.6) is 5.75 Å². The van der Waals surface area contributed by atoms with Crippen molar-refractivity contribution in [3.63, 3.8) is 0 Å². The van der Waals surface area contributed by atoms with Gasteiger partial charge in [0.2, 0.25) is 5.91 Å². The molecular weight excluding hydrogens is 519 g/mol. The molecule has 6 N–H and O–H groups in total. The molecule has 0 bridgehead atoms. The molecule has 14 heteroatoms. The number of aliphatic hydroxyl groups excluding tert-OH is 1. The van der Waals surface area contributed by atoms with Gasteiger partial charge >= 0.3 is 5.69 Å². The van der Waals surface area contributed by atoms with E-state index in [-0.39, 0.29) is 50.4 Å². The number of rotatable bonds is 9. The number of nitrogens with two attached hydrogens (primary N) is 2. The van der Waals surface area contributed by atoms with Gasteiger partial charge in [-0.1, -0.05) is 11.3 Å². The van der Waals surface area contributed by atoms with Crippen molar-refractivity contribution >= 4 is 32.5 Å².